The molecule has 2 aliphatic rings. The molecule has 2 atom stereocenters. The lowest BCUT2D eigenvalue weighted by molar-refractivity contribution is -0.174. The molecule has 0 bridgehead atoms. The summed E-state index contributed by atoms with van der Waals surface area (Å²) in [6.45, 7) is 2.42. The van der Waals surface area contributed by atoms with Gasteiger partial charge in [-0.25, -0.2) is 0 Å². The van der Waals surface area contributed by atoms with Gasteiger partial charge in [-0.05, 0) is 49.6 Å². The largest absolute Gasteiger partial charge is 0.471 e. The van der Waals surface area contributed by atoms with Gasteiger partial charge in [0, 0.05) is 36.4 Å². The van der Waals surface area contributed by atoms with Gasteiger partial charge in [0.1, 0.15) is 0 Å². The molecule has 3 N–H and O–H groups in total. The minimum Gasteiger partial charge on any atom is -0.366 e. The van der Waals surface area contributed by atoms with E-state index in [1.165, 1.54) is 0 Å². The van der Waals surface area contributed by atoms with Crippen molar-refractivity contribution in [3.05, 3.63) is 53.1 Å². The lowest BCUT2D eigenvalue weighted by atomic mass is 9.88. The summed E-state index contributed by atoms with van der Waals surface area (Å²) in [6, 6.07) is 10.2. The minimum atomic E-state index is -4.91. The zero-order valence-electron chi connectivity index (χ0n) is 17.2. The summed E-state index contributed by atoms with van der Waals surface area (Å²) in [5.74, 6) is -2.44. The first-order valence-electron chi connectivity index (χ1n) is 9.99. The third-order valence-corrected chi connectivity index (χ3v) is 6.12. The molecule has 9 heteroatoms. The van der Waals surface area contributed by atoms with Crippen LogP contribution >= 0.6 is 0 Å². The molecule has 1 fully saturated rings. The number of piperidine rings is 1. The fourth-order valence-corrected chi connectivity index (χ4v) is 4.63. The van der Waals surface area contributed by atoms with Crippen molar-refractivity contribution in [3.63, 3.8) is 0 Å². The van der Waals surface area contributed by atoms with E-state index in [1.807, 2.05) is 43.1 Å². The van der Waals surface area contributed by atoms with Crippen LogP contribution < -0.4 is 20.9 Å². The number of nitrogens with two attached hydrogens (primary N) is 1. The summed E-state index contributed by atoms with van der Waals surface area (Å²) in [4.78, 5) is 27.4. The molecule has 31 heavy (non-hydrogen) atoms. The van der Waals surface area contributed by atoms with Gasteiger partial charge in [-0.1, -0.05) is 12.1 Å². The Kier molecular flexibility index (Phi) is 5.07. The van der Waals surface area contributed by atoms with Gasteiger partial charge < -0.3 is 20.9 Å². The van der Waals surface area contributed by atoms with Crippen molar-refractivity contribution in [2.45, 2.75) is 38.0 Å². The molecule has 0 unspecified atom stereocenters. The summed E-state index contributed by atoms with van der Waals surface area (Å²) in [5.41, 5.74) is 10.4. The summed E-state index contributed by atoms with van der Waals surface area (Å²) in [5, 5.41) is 2.16. The summed E-state index contributed by atoms with van der Waals surface area (Å²) in [6.07, 6.45) is -4.20. The molecule has 0 aliphatic carbocycles. The second kappa shape index (κ2) is 7.47. The molecule has 2 heterocycles. The molecular formula is C22H23F3N4O2. The fourth-order valence-electron chi connectivity index (χ4n) is 4.63. The zero-order valence-corrected chi connectivity index (χ0v) is 17.2. The van der Waals surface area contributed by atoms with E-state index in [0.717, 1.165) is 28.2 Å². The monoisotopic (exact) mass is 432 g/mol. The molecule has 0 aromatic heterocycles. The van der Waals surface area contributed by atoms with E-state index in [0.29, 0.717) is 24.9 Å². The van der Waals surface area contributed by atoms with Crippen LogP contribution in [0.4, 0.5) is 30.2 Å². The lowest BCUT2D eigenvalue weighted by Crippen LogP contribution is -2.49. The average molecular weight is 432 g/mol. The molecule has 2 aromatic rings. The third-order valence-electron chi connectivity index (χ3n) is 6.12. The minimum absolute atomic E-state index is 0.230. The maximum atomic E-state index is 12.8. The van der Waals surface area contributed by atoms with Crippen LogP contribution in [0.3, 0.4) is 0 Å². The molecule has 0 saturated carbocycles. The van der Waals surface area contributed by atoms with Crippen LogP contribution in [0.1, 0.15) is 40.4 Å². The predicted molar refractivity (Wildman–Crippen MR) is 112 cm³/mol. The van der Waals surface area contributed by atoms with Gasteiger partial charge in [0.05, 0.1) is 17.4 Å². The Balaban J connectivity index is 1.79. The third kappa shape index (κ3) is 3.68. The van der Waals surface area contributed by atoms with Gasteiger partial charge in [0.15, 0.2) is 0 Å². The van der Waals surface area contributed by atoms with Crippen molar-refractivity contribution >= 4 is 28.9 Å². The number of fused-ring (bicyclic) bond motifs is 5. The number of nitrogens with zero attached hydrogens (tertiary/aromatic N) is 2. The number of nitrogens with one attached hydrogen (secondary N) is 1. The molecule has 2 aromatic carbocycles. The Morgan fingerprint density at radius 2 is 1.87 bits per heavy atom. The topological polar surface area (TPSA) is 78.7 Å². The Morgan fingerprint density at radius 3 is 2.55 bits per heavy atom. The van der Waals surface area contributed by atoms with Crippen molar-refractivity contribution in [1.82, 2.24) is 5.32 Å². The number of amides is 2. The van der Waals surface area contributed by atoms with Gasteiger partial charge in [0.25, 0.3) is 0 Å². The van der Waals surface area contributed by atoms with Gasteiger partial charge in [-0.2, -0.15) is 13.2 Å². The Bertz CT molecular complexity index is 1050. The molecule has 2 aliphatic heterocycles. The first kappa shape index (κ1) is 21.0. The van der Waals surface area contributed by atoms with Crippen LogP contribution in [0.2, 0.25) is 0 Å². The highest BCUT2D eigenvalue weighted by atomic mass is 19.4. The van der Waals surface area contributed by atoms with E-state index in [1.54, 1.807) is 12.1 Å². The van der Waals surface area contributed by atoms with Crippen LogP contribution in [0, 0.1) is 6.92 Å². The van der Waals surface area contributed by atoms with Crippen molar-refractivity contribution in [2.75, 3.05) is 23.4 Å². The number of alkyl halides is 3. The first-order valence-corrected chi connectivity index (χ1v) is 9.99. The fraction of sp³-hybridized carbons (Fsp3) is 0.364. The van der Waals surface area contributed by atoms with Crippen LogP contribution in [0.5, 0.6) is 0 Å². The highest BCUT2D eigenvalue weighted by Gasteiger charge is 2.42. The van der Waals surface area contributed by atoms with Gasteiger partial charge in [-0.15, -0.1) is 0 Å². The molecule has 0 radical (unpaired) electrons. The number of hydrogen-bond acceptors (Lipinski definition) is 4. The van der Waals surface area contributed by atoms with Crippen LogP contribution in [-0.2, 0) is 4.79 Å². The Labute approximate surface area is 177 Å². The van der Waals surface area contributed by atoms with E-state index < -0.39 is 24.0 Å². The standard InChI is InChI=1S/C22H23F3N4O2/c1-12-4-3-5-16-19(12)18-11-14(27-21(31)22(23,24)25)8-9-29(18)15-7-6-13(20(26)30)10-17(15)28(16)2/h3-7,10,14,18H,8-9,11H2,1-2H3,(H2,26,30)(H,27,31)/t14-,18-/m1/s1. The van der Waals surface area contributed by atoms with E-state index in [9.17, 15) is 22.8 Å². The molecule has 4 rings (SSSR count). The number of anilines is 3. The van der Waals surface area contributed by atoms with Crippen LogP contribution in [-0.4, -0.2) is 37.6 Å². The second-order valence-corrected chi connectivity index (χ2v) is 8.04. The number of benzene rings is 2. The number of rotatable bonds is 2. The lowest BCUT2D eigenvalue weighted by Gasteiger charge is -2.41. The van der Waals surface area contributed by atoms with Crippen molar-refractivity contribution in [3.8, 4) is 0 Å². The van der Waals surface area contributed by atoms with Gasteiger partial charge >= 0.3 is 12.1 Å². The number of hydrogen-bond donors (Lipinski definition) is 2. The van der Waals surface area contributed by atoms with E-state index >= 15 is 0 Å². The molecule has 2 amide bonds. The van der Waals surface area contributed by atoms with Crippen molar-refractivity contribution in [1.29, 1.82) is 0 Å². The quantitative estimate of drug-likeness (QED) is 0.761. The highest BCUT2D eigenvalue weighted by Crippen LogP contribution is 2.49. The van der Waals surface area contributed by atoms with Gasteiger partial charge in [-0.3, -0.25) is 9.59 Å². The Hall–Kier alpha value is -3.23. The van der Waals surface area contributed by atoms with E-state index in [4.69, 9.17) is 5.73 Å². The van der Waals surface area contributed by atoms with E-state index in [2.05, 4.69) is 10.2 Å². The average Bonchev–Trinajstić information content (AvgIpc) is 2.81. The SMILES string of the molecule is Cc1cccc2c1[C@H]1C[C@H](NC(=O)C(F)(F)F)CCN1c1ccc(C(N)=O)cc1N2C. The number of carbonyl (C=O) groups excluding carboxylic acids is 2. The molecule has 1 saturated heterocycles. The summed E-state index contributed by atoms with van der Waals surface area (Å²) < 4.78 is 38.4. The summed E-state index contributed by atoms with van der Waals surface area (Å²) >= 11 is 0. The molecule has 6 nitrogen and oxygen atoms in total. The predicted octanol–water partition coefficient (Wildman–Crippen LogP) is 3.56. The van der Waals surface area contributed by atoms with Crippen molar-refractivity contribution in [2.24, 2.45) is 5.73 Å². The number of halogens is 3. The second-order valence-electron chi connectivity index (χ2n) is 8.04. The van der Waals surface area contributed by atoms with Crippen molar-refractivity contribution < 1.29 is 22.8 Å². The number of aryl methyl sites for hydroxylation is 1. The smallest absolute Gasteiger partial charge is 0.366 e. The van der Waals surface area contributed by atoms with E-state index in [-0.39, 0.29) is 6.04 Å². The van der Waals surface area contributed by atoms with Crippen LogP contribution in [0.15, 0.2) is 36.4 Å². The Morgan fingerprint density at radius 1 is 1.13 bits per heavy atom. The zero-order chi connectivity index (χ0) is 22.5. The molecular weight excluding hydrogens is 409 g/mol. The molecule has 0 spiro atoms. The maximum Gasteiger partial charge on any atom is 0.471 e. The summed E-state index contributed by atoms with van der Waals surface area (Å²) in [7, 11) is 1.89. The maximum absolute atomic E-state index is 12.8. The molecule has 164 valence electrons. The number of primary amides is 1. The normalized spacial score (nSPS) is 20.3. The first-order chi connectivity index (χ1) is 14.6. The number of carbonyl (C=O) groups is 2. The van der Waals surface area contributed by atoms with Gasteiger partial charge in [0.2, 0.25) is 5.91 Å². The highest BCUT2D eigenvalue weighted by molar-refractivity contribution is 5.96. The van der Waals surface area contributed by atoms with Crippen LogP contribution in [0.25, 0.3) is 0 Å².